The van der Waals surface area contributed by atoms with Gasteiger partial charge >= 0.3 is 0 Å². The Morgan fingerprint density at radius 3 is 2.63 bits per heavy atom. The predicted octanol–water partition coefficient (Wildman–Crippen LogP) is 1.67. The van der Waals surface area contributed by atoms with Crippen molar-refractivity contribution in [1.29, 1.82) is 0 Å². The number of nitrogens with zero attached hydrogens (tertiary/aromatic N) is 5. The number of benzene rings is 1. The second-order valence-electron chi connectivity index (χ2n) is 7.15. The Hall–Kier alpha value is -2.00. The van der Waals surface area contributed by atoms with Crippen molar-refractivity contribution in [2.45, 2.75) is 32.9 Å². The number of amides is 1. The largest absolute Gasteiger partial charge is 0.337 e. The van der Waals surface area contributed by atoms with Gasteiger partial charge in [0, 0.05) is 23.2 Å². The molecule has 1 aromatic carbocycles. The third kappa shape index (κ3) is 5.04. The maximum absolute atomic E-state index is 12.8. The zero-order chi connectivity index (χ0) is 19.6. The van der Waals surface area contributed by atoms with Gasteiger partial charge in [-0.25, -0.2) is 8.42 Å². The summed E-state index contributed by atoms with van der Waals surface area (Å²) in [5, 5.41) is 12.8. The second-order valence-corrected chi connectivity index (χ2v) is 9.81. The molecule has 27 heavy (non-hydrogen) atoms. The highest BCUT2D eigenvalue weighted by Gasteiger charge is 2.35. The van der Waals surface area contributed by atoms with E-state index in [0.29, 0.717) is 23.8 Å². The van der Waals surface area contributed by atoms with Gasteiger partial charge in [0.1, 0.15) is 6.54 Å². The van der Waals surface area contributed by atoms with Gasteiger partial charge in [-0.05, 0) is 41.8 Å². The Morgan fingerprint density at radius 2 is 2.04 bits per heavy atom. The van der Waals surface area contributed by atoms with Crippen LogP contribution >= 0.6 is 11.6 Å². The molecule has 2 heterocycles. The standard InChI is InChI=1S/C17H22ClN5O3S/c1-12(2)9-22(15-7-8-27(25,26)11-15)16(24)10-23-20-17(19-21-23)13-3-5-14(18)6-4-13/h3-6,12,15H,7-11H2,1-2H3. The van der Waals surface area contributed by atoms with Gasteiger partial charge in [-0.3, -0.25) is 4.79 Å². The van der Waals surface area contributed by atoms with Crippen molar-refractivity contribution in [1.82, 2.24) is 25.1 Å². The van der Waals surface area contributed by atoms with Crippen LogP contribution in [0.25, 0.3) is 11.4 Å². The van der Waals surface area contributed by atoms with Gasteiger partial charge in [-0.2, -0.15) is 4.80 Å². The third-order valence-electron chi connectivity index (χ3n) is 4.36. The van der Waals surface area contributed by atoms with E-state index in [2.05, 4.69) is 15.4 Å². The number of rotatable bonds is 6. The van der Waals surface area contributed by atoms with Crippen LogP contribution < -0.4 is 0 Å². The van der Waals surface area contributed by atoms with Crippen molar-refractivity contribution in [2.24, 2.45) is 5.92 Å². The highest BCUT2D eigenvalue weighted by molar-refractivity contribution is 7.91. The van der Waals surface area contributed by atoms with E-state index in [4.69, 9.17) is 11.6 Å². The number of aromatic nitrogens is 4. The average molecular weight is 412 g/mol. The SMILES string of the molecule is CC(C)CN(C(=O)Cn1nnc(-c2ccc(Cl)cc2)n1)C1CCS(=O)(=O)C1. The minimum absolute atomic E-state index is 0.0201. The average Bonchev–Trinajstić information content (AvgIpc) is 3.19. The fraction of sp³-hybridized carbons (Fsp3) is 0.529. The van der Waals surface area contributed by atoms with Crippen LogP contribution in [0, 0.1) is 5.92 Å². The number of tetrazole rings is 1. The fourth-order valence-electron chi connectivity index (χ4n) is 3.11. The molecule has 1 aliphatic heterocycles. The molecular weight excluding hydrogens is 390 g/mol. The summed E-state index contributed by atoms with van der Waals surface area (Å²) in [5.41, 5.74) is 0.749. The first-order valence-corrected chi connectivity index (χ1v) is 11.0. The van der Waals surface area contributed by atoms with Crippen LogP contribution in [0.1, 0.15) is 20.3 Å². The van der Waals surface area contributed by atoms with Gasteiger partial charge in [0.05, 0.1) is 11.5 Å². The minimum atomic E-state index is -3.07. The van der Waals surface area contributed by atoms with Gasteiger partial charge in [-0.1, -0.05) is 25.4 Å². The number of halogens is 1. The molecule has 0 bridgehead atoms. The van der Waals surface area contributed by atoms with Crippen molar-refractivity contribution >= 4 is 27.3 Å². The molecular formula is C17H22ClN5O3S. The van der Waals surface area contributed by atoms with E-state index >= 15 is 0 Å². The van der Waals surface area contributed by atoms with Crippen molar-refractivity contribution < 1.29 is 13.2 Å². The molecule has 1 atom stereocenters. The normalized spacial score (nSPS) is 18.7. The lowest BCUT2D eigenvalue weighted by molar-refractivity contribution is -0.134. The molecule has 0 saturated carbocycles. The first kappa shape index (κ1) is 19.8. The van der Waals surface area contributed by atoms with Crippen molar-refractivity contribution in [3.63, 3.8) is 0 Å². The minimum Gasteiger partial charge on any atom is -0.337 e. The summed E-state index contributed by atoms with van der Waals surface area (Å²) in [4.78, 5) is 15.7. The highest BCUT2D eigenvalue weighted by Crippen LogP contribution is 2.20. The molecule has 0 aliphatic carbocycles. The summed E-state index contributed by atoms with van der Waals surface area (Å²) in [7, 11) is -3.07. The van der Waals surface area contributed by atoms with Crippen molar-refractivity contribution in [2.75, 3.05) is 18.1 Å². The summed E-state index contributed by atoms with van der Waals surface area (Å²) < 4.78 is 23.6. The molecule has 1 fully saturated rings. The van der Waals surface area contributed by atoms with Gasteiger partial charge in [0.2, 0.25) is 11.7 Å². The highest BCUT2D eigenvalue weighted by atomic mass is 35.5. The topological polar surface area (TPSA) is 98.1 Å². The van der Waals surface area contributed by atoms with Crippen molar-refractivity contribution in [3.8, 4) is 11.4 Å². The van der Waals surface area contributed by atoms with Crippen LogP contribution in [0.2, 0.25) is 5.02 Å². The number of carbonyl (C=O) groups is 1. The maximum atomic E-state index is 12.8. The molecule has 8 nitrogen and oxygen atoms in total. The number of hydrogen-bond acceptors (Lipinski definition) is 6. The lowest BCUT2D eigenvalue weighted by Crippen LogP contribution is -2.45. The van der Waals surface area contributed by atoms with Crippen LogP contribution in [-0.2, 0) is 21.2 Å². The molecule has 146 valence electrons. The molecule has 0 N–H and O–H groups in total. The third-order valence-corrected chi connectivity index (χ3v) is 6.37. The number of sulfone groups is 1. The Labute approximate surface area is 163 Å². The lowest BCUT2D eigenvalue weighted by atomic mass is 10.1. The molecule has 1 aromatic heterocycles. The molecule has 1 unspecified atom stereocenters. The van der Waals surface area contributed by atoms with E-state index in [0.717, 1.165) is 5.56 Å². The maximum Gasteiger partial charge on any atom is 0.246 e. The lowest BCUT2D eigenvalue weighted by Gasteiger charge is -2.29. The Bertz CT molecular complexity index is 911. The summed E-state index contributed by atoms with van der Waals surface area (Å²) in [5.74, 6) is 0.573. The molecule has 0 spiro atoms. The summed E-state index contributed by atoms with van der Waals surface area (Å²) >= 11 is 5.88. The van der Waals surface area contributed by atoms with Gasteiger partial charge in [0.15, 0.2) is 9.84 Å². The molecule has 0 radical (unpaired) electrons. The van der Waals surface area contributed by atoms with E-state index < -0.39 is 9.84 Å². The fourth-order valence-corrected chi connectivity index (χ4v) is 4.96. The molecule has 3 rings (SSSR count). The van der Waals surface area contributed by atoms with Crippen molar-refractivity contribution in [3.05, 3.63) is 29.3 Å². The molecule has 1 amide bonds. The van der Waals surface area contributed by atoms with Crippen LogP contribution in [0.3, 0.4) is 0 Å². The van der Waals surface area contributed by atoms with E-state index in [1.54, 1.807) is 29.2 Å². The summed E-state index contributed by atoms with van der Waals surface area (Å²) in [6.45, 7) is 4.41. The molecule has 1 aliphatic rings. The second kappa shape index (κ2) is 7.93. The predicted molar refractivity (Wildman–Crippen MR) is 102 cm³/mol. The van der Waals surface area contributed by atoms with Gasteiger partial charge < -0.3 is 4.90 Å². The van der Waals surface area contributed by atoms with E-state index in [1.807, 2.05) is 13.8 Å². The summed E-state index contributed by atoms with van der Waals surface area (Å²) in [6, 6.07) is 6.73. The molecule has 1 saturated heterocycles. The Morgan fingerprint density at radius 1 is 1.33 bits per heavy atom. The van der Waals surface area contributed by atoms with Crippen LogP contribution in [0.15, 0.2) is 24.3 Å². The number of carbonyl (C=O) groups excluding carboxylic acids is 1. The van der Waals surface area contributed by atoms with Crippen LogP contribution in [-0.4, -0.2) is 63.5 Å². The summed E-state index contributed by atoms with van der Waals surface area (Å²) in [6.07, 6.45) is 0.474. The quantitative estimate of drug-likeness (QED) is 0.717. The van der Waals surface area contributed by atoms with E-state index in [-0.39, 0.29) is 35.9 Å². The van der Waals surface area contributed by atoms with Gasteiger partial charge in [-0.15, -0.1) is 10.2 Å². The smallest absolute Gasteiger partial charge is 0.246 e. The first-order valence-electron chi connectivity index (χ1n) is 8.77. The Kier molecular flexibility index (Phi) is 5.81. The zero-order valence-corrected chi connectivity index (χ0v) is 16.8. The van der Waals surface area contributed by atoms with Gasteiger partial charge in [0.25, 0.3) is 0 Å². The van der Waals surface area contributed by atoms with E-state index in [9.17, 15) is 13.2 Å². The monoisotopic (exact) mass is 411 g/mol. The molecule has 2 aromatic rings. The Balaban J connectivity index is 1.73. The first-order chi connectivity index (χ1) is 12.7. The van der Waals surface area contributed by atoms with Crippen LogP contribution in [0.5, 0.6) is 0 Å². The van der Waals surface area contributed by atoms with E-state index in [1.165, 1.54) is 4.80 Å². The molecule has 10 heteroatoms. The zero-order valence-electron chi connectivity index (χ0n) is 15.2. The number of hydrogen-bond donors (Lipinski definition) is 0. The van der Waals surface area contributed by atoms with Crippen LogP contribution in [0.4, 0.5) is 0 Å².